The first-order chi connectivity index (χ1) is 9.06. The van der Waals surface area contributed by atoms with Crippen LogP contribution in [0.5, 0.6) is 5.75 Å². The third kappa shape index (κ3) is 5.26. The molecule has 1 unspecified atom stereocenters. The second-order valence-electron chi connectivity index (χ2n) is 4.50. The number of carbonyl (C=O) groups excluding carboxylic acids is 1. The summed E-state index contributed by atoms with van der Waals surface area (Å²) in [7, 11) is 0. The summed E-state index contributed by atoms with van der Waals surface area (Å²) in [5.74, 6) is -0.107. The zero-order valence-corrected chi connectivity index (χ0v) is 11.4. The molecule has 1 amide bonds. The third-order valence-corrected chi connectivity index (χ3v) is 2.73. The number of hydrogen-bond acceptors (Lipinski definition) is 3. The molecule has 0 bridgehead atoms. The topological polar surface area (TPSA) is 64.3 Å². The van der Waals surface area contributed by atoms with Crippen molar-refractivity contribution in [3.63, 3.8) is 0 Å². The summed E-state index contributed by atoms with van der Waals surface area (Å²) in [6.07, 6.45) is 1.94. The molecule has 1 atom stereocenters. The van der Waals surface area contributed by atoms with Gasteiger partial charge in [0, 0.05) is 18.2 Å². The Morgan fingerprint density at radius 3 is 2.89 bits per heavy atom. The number of ether oxygens (including phenoxy) is 1. The molecule has 0 saturated heterocycles. The van der Waals surface area contributed by atoms with E-state index in [-0.39, 0.29) is 30.9 Å². The van der Waals surface area contributed by atoms with Crippen LogP contribution in [0.25, 0.3) is 0 Å². The molecule has 0 saturated carbocycles. The fourth-order valence-electron chi connectivity index (χ4n) is 1.81. The summed E-state index contributed by atoms with van der Waals surface area (Å²) in [6.45, 7) is 4.09. The van der Waals surface area contributed by atoms with Gasteiger partial charge >= 0.3 is 0 Å². The maximum Gasteiger partial charge on any atom is 0.258 e. The standard InChI is InChI=1S/C14H21FN2O2/c1-3-4-10(2)17-14(18)9-19-13-6-5-12(15)7-11(13)8-16/h5-7,10H,3-4,8-9,16H2,1-2H3,(H,17,18). The lowest BCUT2D eigenvalue weighted by atomic mass is 10.2. The maximum absolute atomic E-state index is 13.0. The minimum atomic E-state index is -0.367. The predicted octanol–water partition coefficient (Wildman–Crippen LogP) is 1.97. The van der Waals surface area contributed by atoms with E-state index in [0.29, 0.717) is 11.3 Å². The van der Waals surface area contributed by atoms with Gasteiger partial charge in [-0.25, -0.2) is 4.39 Å². The van der Waals surface area contributed by atoms with Gasteiger partial charge in [-0.1, -0.05) is 13.3 Å². The molecule has 106 valence electrons. The lowest BCUT2D eigenvalue weighted by Crippen LogP contribution is -2.36. The monoisotopic (exact) mass is 268 g/mol. The lowest BCUT2D eigenvalue weighted by Gasteiger charge is -2.14. The largest absolute Gasteiger partial charge is 0.483 e. The van der Waals surface area contributed by atoms with Crippen LogP contribution in [0.1, 0.15) is 32.3 Å². The number of carbonyl (C=O) groups is 1. The van der Waals surface area contributed by atoms with Crippen molar-refractivity contribution in [2.24, 2.45) is 5.73 Å². The van der Waals surface area contributed by atoms with Gasteiger partial charge < -0.3 is 15.8 Å². The molecule has 1 aromatic carbocycles. The van der Waals surface area contributed by atoms with Crippen LogP contribution >= 0.6 is 0 Å². The molecule has 0 radical (unpaired) electrons. The minimum Gasteiger partial charge on any atom is -0.483 e. The highest BCUT2D eigenvalue weighted by Crippen LogP contribution is 2.18. The van der Waals surface area contributed by atoms with E-state index < -0.39 is 0 Å². The van der Waals surface area contributed by atoms with Crippen LogP contribution < -0.4 is 15.8 Å². The maximum atomic E-state index is 13.0. The molecule has 0 spiro atoms. The molecule has 0 fully saturated rings. The SMILES string of the molecule is CCCC(C)NC(=O)COc1ccc(F)cc1CN. The van der Waals surface area contributed by atoms with Crippen LogP contribution in [0.2, 0.25) is 0 Å². The Morgan fingerprint density at radius 1 is 1.53 bits per heavy atom. The fourth-order valence-corrected chi connectivity index (χ4v) is 1.81. The first-order valence-corrected chi connectivity index (χ1v) is 6.47. The molecule has 19 heavy (non-hydrogen) atoms. The molecule has 5 heteroatoms. The molecule has 0 aromatic heterocycles. The van der Waals surface area contributed by atoms with Crippen LogP contribution in [-0.4, -0.2) is 18.6 Å². The Morgan fingerprint density at radius 2 is 2.26 bits per heavy atom. The Bertz CT molecular complexity index is 424. The van der Waals surface area contributed by atoms with E-state index in [0.717, 1.165) is 12.8 Å². The Balaban J connectivity index is 2.50. The predicted molar refractivity (Wildman–Crippen MR) is 72.3 cm³/mol. The van der Waals surface area contributed by atoms with Gasteiger partial charge in [-0.3, -0.25) is 4.79 Å². The van der Waals surface area contributed by atoms with E-state index in [1.54, 1.807) is 0 Å². The number of rotatable bonds is 7. The zero-order valence-electron chi connectivity index (χ0n) is 11.4. The molecule has 0 aliphatic rings. The molecule has 3 N–H and O–H groups in total. The first kappa shape index (κ1) is 15.4. The molecule has 0 heterocycles. The van der Waals surface area contributed by atoms with Gasteiger partial charge in [-0.05, 0) is 31.5 Å². The van der Waals surface area contributed by atoms with Gasteiger partial charge in [-0.15, -0.1) is 0 Å². The number of halogens is 1. The molecule has 1 aromatic rings. The second-order valence-corrected chi connectivity index (χ2v) is 4.50. The molecule has 1 rings (SSSR count). The van der Waals surface area contributed by atoms with Gasteiger partial charge in [0.05, 0.1) is 0 Å². The lowest BCUT2D eigenvalue weighted by molar-refractivity contribution is -0.123. The van der Waals surface area contributed by atoms with Crippen LogP contribution in [0, 0.1) is 5.82 Å². The van der Waals surface area contributed by atoms with E-state index in [2.05, 4.69) is 12.2 Å². The van der Waals surface area contributed by atoms with Gasteiger partial charge in [-0.2, -0.15) is 0 Å². The summed E-state index contributed by atoms with van der Waals surface area (Å²) in [5.41, 5.74) is 6.05. The molecular formula is C14H21FN2O2. The van der Waals surface area contributed by atoms with Crippen molar-refractivity contribution in [2.45, 2.75) is 39.3 Å². The van der Waals surface area contributed by atoms with Crippen molar-refractivity contribution >= 4 is 5.91 Å². The number of nitrogens with two attached hydrogens (primary N) is 1. The smallest absolute Gasteiger partial charge is 0.258 e. The Labute approximate surface area is 113 Å². The van der Waals surface area contributed by atoms with Crippen LogP contribution in [0.3, 0.4) is 0 Å². The van der Waals surface area contributed by atoms with E-state index in [9.17, 15) is 9.18 Å². The second kappa shape index (κ2) is 7.74. The average Bonchev–Trinajstić information content (AvgIpc) is 2.37. The van der Waals surface area contributed by atoms with Gasteiger partial charge in [0.15, 0.2) is 6.61 Å². The average molecular weight is 268 g/mol. The highest BCUT2D eigenvalue weighted by molar-refractivity contribution is 5.77. The van der Waals surface area contributed by atoms with Gasteiger partial charge in [0.25, 0.3) is 5.91 Å². The van der Waals surface area contributed by atoms with Crippen molar-refractivity contribution in [3.05, 3.63) is 29.6 Å². The van der Waals surface area contributed by atoms with Crippen LogP contribution in [0.15, 0.2) is 18.2 Å². The summed E-state index contributed by atoms with van der Waals surface area (Å²) in [4.78, 5) is 11.6. The zero-order chi connectivity index (χ0) is 14.3. The summed E-state index contributed by atoms with van der Waals surface area (Å²) >= 11 is 0. The van der Waals surface area contributed by atoms with Crippen LogP contribution in [-0.2, 0) is 11.3 Å². The first-order valence-electron chi connectivity index (χ1n) is 6.47. The van der Waals surface area contributed by atoms with Crippen molar-refractivity contribution in [3.8, 4) is 5.75 Å². The quantitative estimate of drug-likeness (QED) is 0.794. The molecule has 4 nitrogen and oxygen atoms in total. The summed E-state index contributed by atoms with van der Waals surface area (Å²) in [6, 6.07) is 4.21. The number of amides is 1. The molecule has 0 aliphatic carbocycles. The van der Waals surface area contributed by atoms with Gasteiger partial charge in [0.2, 0.25) is 0 Å². The van der Waals surface area contributed by atoms with E-state index in [1.165, 1.54) is 18.2 Å². The Kier molecular flexibility index (Phi) is 6.29. The van der Waals surface area contributed by atoms with E-state index >= 15 is 0 Å². The van der Waals surface area contributed by atoms with E-state index in [1.807, 2.05) is 6.92 Å². The molecule has 0 aliphatic heterocycles. The van der Waals surface area contributed by atoms with Crippen LogP contribution in [0.4, 0.5) is 4.39 Å². The highest BCUT2D eigenvalue weighted by Gasteiger charge is 2.09. The number of benzene rings is 1. The number of nitrogens with one attached hydrogen (secondary N) is 1. The van der Waals surface area contributed by atoms with Crippen molar-refractivity contribution < 1.29 is 13.9 Å². The third-order valence-electron chi connectivity index (χ3n) is 2.73. The van der Waals surface area contributed by atoms with Crippen molar-refractivity contribution in [1.29, 1.82) is 0 Å². The highest BCUT2D eigenvalue weighted by atomic mass is 19.1. The minimum absolute atomic E-state index is 0.0906. The van der Waals surface area contributed by atoms with Gasteiger partial charge in [0.1, 0.15) is 11.6 Å². The summed E-state index contributed by atoms with van der Waals surface area (Å²) < 4.78 is 18.4. The van der Waals surface area contributed by atoms with Crippen molar-refractivity contribution in [1.82, 2.24) is 5.32 Å². The normalized spacial score (nSPS) is 12.0. The van der Waals surface area contributed by atoms with E-state index in [4.69, 9.17) is 10.5 Å². The molecular weight excluding hydrogens is 247 g/mol. The fraction of sp³-hybridized carbons (Fsp3) is 0.500. The number of hydrogen-bond donors (Lipinski definition) is 2. The Hall–Kier alpha value is -1.62. The van der Waals surface area contributed by atoms with Crippen molar-refractivity contribution in [2.75, 3.05) is 6.61 Å². The summed E-state index contributed by atoms with van der Waals surface area (Å²) in [5, 5.41) is 2.83.